The summed E-state index contributed by atoms with van der Waals surface area (Å²) in [5.41, 5.74) is 3.44. The molecule has 1 aromatic rings. The molecular formula is C26H48S2SiSn2. The van der Waals surface area contributed by atoms with E-state index in [9.17, 15) is 0 Å². The van der Waals surface area contributed by atoms with Crippen LogP contribution in [0.5, 0.6) is 0 Å². The molecule has 1 aromatic heterocycles. The Morgan fingerprint density at radius 3 is 1.94 bits per heavy atom. The Hall–Kier alpha value is 1.34. The maximum absolute atomic E-state index is 2.74. The van der Waals surface area contributed by atoms with Crippen molar-refractivity contribution in [1.29, 1.82) is 0 Å². The van der Waals surface area contributed by atoms with Gasteiger partial charge in [-0.3, -0.25) is 0 Å². The molecule has 3 atom stereocenters. The van der Waals surface area contributed by atoms with Crippen molar-refractivity contribution in [3.05, 3.63) is 31.1 Å². The summed E-state index contributed by atoms with van der Waals surface area (Å²) in [5.74, 6) is 1.39. The van der Waals surface area contributed by atoms with Gasteiger partial charge in [-0.2, -0.15) is 0 Å². The standard InChI is InChI=1S/C20H30S2Si.6CH3.2Sn/c1-5-7-9-15(3)17-11-13-21-19(17)20-18(12-14-22(20)23)16(4)10-8-6-2;;;;;;;;/h11-12,15-16H,5-10,23H2,1-4H3;6*1H3;;. The number of allylic oxidation sites excluding steroid dienone is 2. The second-order valence-corrected chi connectivity index (χ2v) is 46.9. The summed E-state index contributed by atoms with van der Waals surface area (Å²) in [7, 11) is 2.64. The summed E-state index contributed by atoms with van der Waals surface area (Å²) < 4.78 is 3.67. The molecule has 2 rings (SSSR count). The molecule has 0 fully saturated rings. The average molecular weight is 690 g/mol. The van der Waals surface area contributed by atoms with Gasteiger partial charge in [-0.25, -0.2) is 0 Å². The molecule has 176 valence electrons. The normalized spacial score (nSPS) is 19.7. The van der Waals surface area contributed by atoms with E-state index in [0.717, 1.165) is 0 Å². The molecule has 2 heterocycles. The van der Waals surface area contributed by atoms with Crippen LogP contribution in [-0.2, 0) is 0 Å². The van der Waals surface area contributed by atoms with Crippen molar-refractivity contribution < 1.29 is 0 Å². The van der Waals surface area contributed by atoms with Gasteiger partial charge < -0.3 is 0 Å². The summed E-state index contributed by atoms with van der Waals surface area (Å²) in [6.45, 7) is 9.69. The van der Waals surface area contributed by atoms with Gasteiger partial charge in [0.15, 0.2) is 0 Å². The van der Waals surface area contributed by atoms with Crippen LogP contribution < -0.4 is 2.89 Å². The van der Waals surface area contributed by atoms with Crippen molar-refractivity contribution in [1.82, 2.24) is 0 Å². The molecule has 0 spiro atoms. The fraction of sp³-hybridized carbons (Fsp3) is 0.692. The van der Waals surface area contributed by atoms with Crippen LogP contribution in [0.25, 0.3) is 4.91 Å². The fourth-order valence-corrected chi connectivity index (χ4v) is 32.5. The number of hydrogen-bond donors (Lipinski definition) is 0. The van der Waals surface area contributed by atoms with Crippen LogP contribution >= 0.6 is 21.2 Å². The molecule has 0 saturated heterocycles. The monoisotopic (exact) mass is 692 g/mol. The summed E-state index contributed by atoms with van der Waals surface area (Å²) >= 11 is -2.01. The molecule has 0 amide bonds. The molecule has 0 saturated carbocycles. The first kappa shape index (κ1) is 28.6. The van der Waals surface area contributed by atoms with Gasteiger partial charge in [0.1, 0.15) is 0 Å². The zero-order chi connectivity index (χ0) is 23.6. The third kappa shape index (κ3) is 7.17. The fourth-order valence-electron chi connectivity index (χ4n) is 4.38. The SMILES string of the molecule is CCCCC(C)C1=C(c2s[c]([Sn]([CH3])([CH3])[CH3])cc2C(C)CCCC)S(=[SiH2])[C]([Sn]([CH3])([CH3])[CH3])=C1. The minimum absolute atomic E-state index is 0.325. The molecule has 5 heteroatoms. The Morgan fingerprint density at radius 2 is 1.45 bits per heavy atom. The van der Waals surface area contributed by atoms with Crippen LogP contribution in [-0.4, -0.2) is 45.7 Å². The van der Waals surface area contributed by atoms with E-state index in [1.165, 1.54) is 38.5 Å². The van der Waals surface area contributed by atoms with Crippen LogP contribution in [0.3, 0.4) is 0 Å². The molecule has 1 aliphatic rings. The first-order valence-corrected chi connectivity index (χ1v) is 36.4. The Kier molecular flexibility index (Phi) is 10.9. The van der Waals surface area contributed by atoms with E-state index in [4.69, 9.17) is 0 Å². The number of hydrogen-bond acceptors (Lipinski definition) is 1. The van der Waals surface area contributed by atoms with Crippen LogP contribution in [0, 0.1) is 5.92 Å². The third-order valence-corrected chi connectivity index (χ3v) is 34.0. The molecule has 0 bridgehead atoms. The average Bonchev–Trinajstić information content (AvgIpc) is 3.25. The Morgan fingerprint density at radius 1 is 0.903 bits per heavy atom. The van der Waals surface area contributed by atoms with E-state index in [1.807, 2.05) is 2.92 Å². The topological polar surface area (TPSA) is 0 Å². The van der Waals surface area contributed by atoms with Crippen LogP contribution in [0.15, 0.2) is 20.6 Å². The Bertz CT molecular complexity index is 850. The Labute approximate surface area is 211 Å². The molecule has 0 N–H and O–H groups in total. The van der Waals surface area contributed by atoms with Crippen molar-refractivity contribution in [3.8, 4) is 0 Å². The molecule has 31 heavy (non-hydrogen) atoms. The van der Waals surface area contributed by atoms with Crippen molar-refractivity contribution >= 4 is 74.7 Å². The number of rotatable bonds is 11. The van der Waals surface area contributed by atoms with Gasteiger partial charge in [-0.1, -0.05) is 0 Å². The second-order valence-electron chi connectivity index (χ2n) is 11.7. The zero-order valence-electron chi connectivity index (χ0n) is 22.1. The number of unbranched alkanes of at least 4 members (excludes halogenated alkanes) is 2. The van der Waals surface area contributed by atoms with Gasteiger partial charge in [0.2, 0.25) is 0 Å². The van der Waals surface area contributed by atoms with E-state index in [-0.39, 0.29) is 0 Å². The predicted octanol–water partition coefficient (Wildman–Crippen LogP) is 8.72. The van der Waals surface area contributed by atoms with Crippen LogP contribution in [0.4, 0.5) is 0 Å². The third-order valence-electron chi connectivity index (χ3n) is 6.55. The van der Waals surface area contributed by atoms with E-state index in [2.05, 4.69) is 89.8 Å². The van der Waals surface area contributed by atoms with Crippen molar-refractivity contribution in [2.24, 2.45) is 5.92 Å². The van der Waals surface area contributed by atoms with Crippen molar-refractivity contribution in [2.45, 2.75) is 102 Å². The van der Waals surface area contributed by atoms with Gasteiger partial charge in [0.25, 0.3) is 0 Å². The summed E-state index contributed by atoms with van der Waals surface area (Å²) in [6, 6.07) is 2.69. The summed E-state index contributed by atoms with van der Waals surface area (Å²) in [6.07, 6.45) is 10.7. The van der Waals surface area contributed by atoms with Gasteiger partial charge in [-0.15, -0.1) is 0 Å². The van der Waals surface area contributed by atoms with E-state index >= 15 is 0 Å². The van der Waals surface area contributed by atoms with E-state index in [0.29, 0.717) is 21.7 Å². The van der Waals surface area contributed by atoms with Crippen LogP contribution in [0.2, 0.25) is 29.6 Å². The summed E-state index contributed by atoms with van der Waals surface area (Å²) in [4.78, 5) is 19.2. The quantitative estimate of drug-likeness (QED) is 0.204. The van der Waals surface area contributed by atoms with Crippen molar-refractivity contribution in [3.63, 3.8) is 0 Å². The van der Waals surface area contributed by atoms with Gasteiger partial charge in [0.05, 0.1) is 0 Å². The molecule has 0 nitrogen and oxygen atoms in total. The molecule has 3 unspecified atom stereocenters. The number of thiophene rings is 1. The predicted molar refractivity (Wildman–Crippen MR) is 158 cm³/mol. The molecule has 1 aliphatic heterocycles. The minimum atomic E-state index is -2.12. The van der Waals surface area contributed by atoms with Crippen LogP contribution in [0.1, 0.15) is 82.6 Å². The van der Waals surface area contributed by atoms with Gasteiger partial charge in [-0.05, 0) is 0 Å². The molecule has 0 aliphatic carbocycles. The molecular weight excluding hydrogens is 642 g/mol. The Balaban J connectivity index is 2.68. The maximum atomic E-state index is 2.74. The first-order chi connectivity index (χ1) is 14.3. The van der Waals surface area contributed by atoms with E-state index < -0.39 is 36.8 Å². The molecule has 0 radical (unpaired) electrons. The second kappa shape index (κ2) is 11.9. The first-order valence-electron chi connectivity index (χ1n) is 12.5. The molecule has 0 aromatic carbocycles. The van der Waals surface area contributed by atoms with E-state index in [1.54, 1.807) is 23.8 Å². The van der Waals surface area contributed by atoms with Gasteiger partial charge >= 0.3 is 214 Å². The summed E-state index contributed by atoms with van der Waals surface area (Å²) in [5, 5.41) is 0. The zero-order valence-corrected chi connectivity index (χ0v) is 30.8. The van der Waals surface area contributed by atoms with Crippen molar-refractivity contribution in [2.75, 3.05) is 0 Å². The van der Waals surface area contributed by atoms with Gasteiger partial charge in [0, 0.05) is 0 Å².